The Labute approximate surface area is 183 Å². The molecular formula is C26H29FN2O2. The summed E-state index contributed by atoms with van der Waals surface area (Å²) in [6.45, 7) is 1.37. The van der Waals surface area contributed by atoms with Crippen LogP contribution < -0.4 is 5.32 Å². The molecule has 0 atom stereocenters. The first-order valence-corrected chi connectivity index (χ1v) is 10.6. The van der Waals surface area contributed by atoms with Crippen molar-refractivity contribution < 1.29 is 14.3 Å². The molecule has 0 aliphatic heterocycles. The van der Waals surface area contributed by atoms with Gasteiger partial charge in [-0.3, -0.25) is 9.69 Å². The summed E-state index contributed by atoms with van der Waals surface area (Å²) in [4.78, 5) is 14.9. The van der Waals surface area contributed by atoms with Crippen LogP contribution in [0, 0.1) is 5.82 Å². The highest BCUT2D eigenvalue weighted by Gasteiger charge is 2.24. The Morgan fingerprint density at radius 3 is 2.03 bits per heavy atom. The molecular weight excluding hydrogens is 391 g/mol. The lowest BCUT2D eigenvalue weighted by Crippen LogP contribution is -2.41. The Balaban J connectivity index is 1.70. The van der Waals surface area contributed by atoms with Crippen molar-refractivity contribution >= 4 is 5.91 Å². The van der Waals surface area contributed by atoms with Crippen LogP contribution in [0.5, 0.6) is 0 Å². The zero-order valence-electron chi connectivity index (χ0n) is 17.6. The van der Waals surface area contributed by atoms with Crippen molar-refractivity contribution in [1.29, 1.82) is 0 Å². The molecule has 0 saturated heterocycles. The highest BCUT2D eigenvalue weighted by Crippen LogP contribution is 2.28. The van der Waals surface area contributed by atoms with Gasteiger partial charge in [0.1, 0.15) is 5.82 Å². The van der Waals surface area contributed by atoms with Crippen molar-refractivity contribution in [3.8, 4) is 0 Å². The number of carbonyl (C=O) groups excluding carboxylic acids is 1. The maximum Gasteiger partial charge on any atom is 0.234 e. The highest BCUT2D eigenvalue weighted by molar-refractivity contribution is 5.78. The van der Waals surface area contributed by atoms with Crippen LogP contribution >= 0.6 is 0 Å². The fraction of sp³-hybridized carbons (Fsp3) is 0.269. The molecule has 0 radical (unpaired) electrons. The van der Waals surface area contributed by atoms with E-state index in [9.17, 15) is 14.3 Å². The first kappa shape index (κ1) is 22.7. The van der Waals surface area contributed by atoms with Crippen molar-refractivity contribution in [1.82, 2.24) is 10.2 Å². The quantitative estimate of drug-likeness (QED) is 0.494. The Morgan fingerprint density at radius 1 is 0.903 bits per heavy atom. The lowest BCUT2D eigenvalue weighted by molar-refractivity contribution is -0.122. The predicted molar refractivity (Wildman–Crippen MR) is 121 cm³/mol. The number of aliphatic hydroxyl groups excluding tert-OH is 1. The molecule has 0 heterocycles. The average Bonchev–Trinajstić information content (AvgIpc) is 2.80. The molecule has 31 heavy (non-hydrogen) atoms. The maximum atomic E-state index is 13.0. The van der Waals surface area contributed by atoms with Gasteiger partial charge in [-0.05, 0) is 41.7 Å². The second-order valence-electron chi connectivity index (χ2n) is 7.50. The van der Waals surface area contributed by atoms with E-state index in [1.54, 1.807) is 12.1 Å². The molecule has 5 heteroatoms. The predicted octanol–water partition coefficient (Wildman–Crippen LogP) is 3.96. The fourth-order valence-corrected chi connectivity index (χ4v) is 3.70. The first-order valence-electron chi connectivity index (χ1n) is 10.6. The molecule has 4 nitrogen and oxygen atoms in total. The van der Waals surface area contributed by atoms with Gasteiger partial charge in [-0.25, -0.2) is 4.39 Å². The highest BCUT2D eigenvalue weighted by atomic mass is 19.1. The van der Waals surface area contributed by atoms with Crippen LogP contribution in [0.1, 0.15) is 29.2 Å². The van der Waals surface area contributed by atoms with E-state index >= 15 is 0 Å². The number of nitrogens with one attached hydrogen (secondary N) is 1. The molecule has 0 spiro atoms. The Hall–Kier alpha value is -3.02. The van der Waals surface area contributed by atoms with E-state index in [2.05, 4.69) is 34.5 Å². The third-order valence-electron chi connectivity index (χ3n) is 5.20. The Kier molecular flexibility index (Phi) is 8.76. The van der Waals surface area contributed by atoms with Gasteiger partial charge < -0.3 is 10.4 Å². The zero-order valence-corrected chi connectivity index (χ0v) is 17.6. The molecule has 2 N–H and O–H groups in total. The summed E-state index contributed by atoms with van der Waals surface area (Å²) < 4.78 is 13.0. The molecule has 0 aromatic heterocycles. The van der Waals surface area contributed by atoms with E-state index in [0.717, 1.165) is 16.7 Å². The van der Waals surface area contributed by atoms with Crippen molar-refractivity contribution in [2.24, 2.45) is 0 Å². The fourth-order valence-electron chi connectivity index (χ4n) is 3.70. The molecule has 3 aromatic rings. The smallest absolute Gasteiger partial charge is 0.234 e. The largest absolute Gasteiger partial charge is 0.396 e. The third-order valence-corrected chi connectivity index (χ3v) is 5.20. The van der Waals surface area contributed by atoms with Gasteiger partial charge in [0, 0.05) is 19.7 Å². The maximum absolute atomic E-state index is 13.0. The molecule has 3 rings (SSSR count). The van der Waals surface area contributed by atoms with E-state index in [1.165, 1.54) is 12.1 Å². The number of hydrogen-bond acceptors (Lipinski definition) is 3. The summed E-state index contributed by atoms with van der Waals surface area (Å²) in [5, 5.41) is 12.4. The van der Waals surface area contributed by atoms with Crippen LogP contribution in [0.4, 0.5) is 4.39 Å². The zero-order chi connectivity index (χ0) is 21.9. The molecule has 3 aromatic carbocycles. The first-order chi connectivity index (χ1) is 15.2. The molecule has 162 valence electrons. The summed E-state index contributed by atoms with van der Waals surface area (Å²) in [5.41, 5.74) is 3.18. The van der Waals surface area contributed by atoms with Crippen LogP contribution in [0.15, 0.2) is 84.9 Å². The van der Waals surface area contributed by atoms with Gasteiger partial charge in [0.15, 0.2) is 0 Å². The summed E-state index contributed by atoms with van der Waals surface area (Å²) in [6, 6.07) is 26.4. The summed E-state index contributed by atoms with van der Waals surface area (Å²) in [5.74, 6) is -0.336. The molecule has 1 amide bonds. The number of carbonyl (C=O) groups is 1. The SMILES string of the molecule is O=C(CN(CCCO)C(c1ccccc1)c1ccccc1)NCCc1ccc(F)cc1. The molecule has 0 aliphatic carbocycles. The second kappa shape index (κ2) is 12.0. The van der Waals surface area contributed by atoms with Crippen LogP contribution in [0.2, 0.25) is 0 Å². The van der Waals surface area contributed by atoms with E-state index in [1.807, 2.05) is 36.4 Å². The lowest BCUT2D eigenvalue weighted by Gasteiger charge is -2.32. The number of nitrogens with zero attached hydrogens (tertiary/aromatic N) is 1. The number of halogens is 1. The number of benzene rings is 3. The van der Waals surface area contributed by atoms with Crippen LogP contribution in [-0.4, -0.2) is 42.2 Å². The lowest BCUT2D eigenvalue weighted by atomic mass is 9.96. The standard InChI is InChI=1S/C26H29FN2O2/c27-24-14-12-21(13-15-24)16-17-28-25(31)20-29(18-7-19-30)26(22-8-3-1-4-9-22)23-10-5-2-6-11-23/h1-6,8-15,26,30H,7,16-20H2,(H,28,31). The van der Waals surface area contributed by atoms with E-state index in [0.29, 0.717) is 25.9 Å². The van der Waals surface area contributed by atoms with Crippen molar-refractivity contribution in [3.63, 3.8) is 0 Å². The van der Waals surface area contributed by atoms with Gasteiger partial charge in [-0.2, -0.15) is 0 Å². The van der Waals surface area contributed by atoms with E-state index < -0.39 is 0 Å². The molecule has 0 bridgehead atoms. The molecule has 0 fully saturated rings. The molecule has 0 unspecified atom stereocenters. The Morgan fingerprint density at radius 2 is 1.48 bits per heavy atom. The van der Waals surface area contributed by atoms with Gasteiger partial charge in [-0.15, -0.1) is 0 Å². The van der Waals surface area contributed by atoms with Crippen molar-refractivity contribution in [2.75, 3.05) is 26.2 Å². The van der Waals surface area contributed by atoms with Gasteiger partial charge in [0.25, 0.3) is 0 Å². The topological polar surface area (TPSA) is 52.6 Å². The normalized spacial score (nSPS) is 11.1. The van der Waals surface area contributed by atoms with Crippen LogP contribution in [-0.2, 0) is 11.2 Å². The van der Waals surface area contributed by atoms with Crippen LogP contribution in [0.3, 0.4) is 0 Å². The van der Waals surface area contributed by atoms with Gasteiger partial charge in [0.2, 0.25) is 5.91 Å². The minimum atomic E-state index is -0.264. The van der Waals surface area contributed by atoms with Crippen molar-refractivity contribution in [3.05, 3.63) is 107 Å². The second-order valence-corrected chi connectivity index (χ2v) is 7.50. The monoisotopic (exact) mass is 420 g/mol. The molecule has 0 aliphatic rings. The van der Waals surface area contributed by atoms with E-state index in [-0.39, 0.29) is 30.9 Å². The number of aliphatic hydroxyl groups is 1. The van der Waals surface area contributed by atoms with Gasteiger partial charge in [0.05, 0.1) is 12.6 Å². The van der Waals surface area contributed by atoms with E-state index in [4.69, 9.17) is 0 Å². The van der Waals surface area contributed by atoms with Crippen molar-refractivity contribution in [2.45, 2.75) is 18.9 Å². The summed E-state index contributed by atoms with van der Waals surface area (Å²) in [6.07, 6.45) is 1.22. The summed E-state index contributed by atoms with van der Waals surface area (Å²) in [7, 11) is 0. The number of hydrogen-bond donors (Lipinski definition) is 2. The number of amides is 1. The van der Waals surface area contributed by atoms with Crippen LogP contribution in [0.25, 0.3) is 0 Å². The minimum absolute atomic E-state index is 0.0684. The average molecular weight is 421 g/mol. The third kappa shape index (κ3) is 7.02. The van der Waals surface area contributed by atoms with Gasteiger partial charge in [-0.1, -0.05) is 72.8 Å². The Bertz CT molecular complexity index is 878. The molecule has 0 saturated carbocycles. The number of rotatable bonds is 11. The minimum Gasteiger partial charge on any atom is -0.396 e. The van der Waals surface area contributed by atoms with Gasteiger partial charge >= 0.3 is 0 Å². The summed E-state index contributed by atoms with van der Waals surface area (Å²) >= 11 is 0.